The van der Waals surface area contributed by atoms with Crippen LogP contribution in [0.1, 0.15) is 33.6 Å². The Hall–Kier alpha value is -0.940. The summed E-state index contributed by atoms with van der Waals surface area (Å²) in [5, 5.41) is 6.95. The first kappa shape index (κ1) is 16.4. The van der Waals surface area contributed by atoms with Gasteiger partial charge >= 0.3 is 6.09 Å². The van der Waals surface area contributed by atoms with E-state index in [1.54, 1.807) is 0 Å². The number of halogens is 2. The van der Waals surface area contributed by atoms with E-state index in [4.69, 9.17) is 16.3 Å². The maximum atomic E-state index is 11.6. The number of rotatable bonds is 3. The summed E-state index contributed by atoms with van der Waals surface area (Å²) >= 11 is 9.57. The molecular weight excluding hydrogens is 356 g/mol. The van der Waals surface area contributed by atoms with Crippen LogP contribution in [0.2, 0.25) is 5.02 Å². The Balaban J connectivity index is 1.77. The van der Waals surface area contributed by atoms with E-state index in [-0.39, 0.29) is 12.1 Å². The molecule has 0 heterocycles. The molecule has 1 aliphatic rings. The van der Waals surface area contributed by atoms with Crippen LogP contribution in [0.3, 0.4) is 0 Å². The topological polar surface area (TPSA) is 50.4 Å². The second kappa shape index (κ2) is 6.44. The average molecular weight is 376 g/mol. The molecule has 0 unspecified atom stereocenters. The van der Waals surface area contributed by atoms with Gasteiger partial charge in [-0.2, -0.15) is 0 Å². The Morgan fingerprint density at radius 1 is 1.33 bits per heavy atom. The molecule has 2 rings (SSSR count). The molecule has 4 nitrogen and oxygen atoms in total. The summed E-state index contributed by atoms with van der Waals surface area (Å²) in [7, 11) is 0. The van der Waals surface area contributed by atoms with Crippen molar-refractivity contribution in [1.29, 1.82) is 0 Å². The molecule has 0 saturated heterocycles. The second-order valence-corrected chi connectivity index (χ2v) is 7.60. The van der Waals surface area contributed by atoms with Crippen LogP contribution in [-0.2, 0) is 4.74 Å². The van der Waals surface area contributed by atoms with Gasteiger partial charge in [-0.05, 0) is 51.8 Å². The van der Waals surface area contributed by atoms with Crippen molar-refractivity contribution in [2.45, 2.75) is 51.3 Å². The lowest BCUT2D eigenvalue weighted by Crippen LogP contribution is -2.50. The SMILES string of the molecule is CC(C)(C)OC(=O)NC1CC(Nc2cc(Br)ccc2Cl)C1. The zero-order valence-electron chi connectivity index (χ0n) is 12.4. The maximum absolute atomic E-state index is 11.6. The standard InChI is InChI=1S/C15H20BrClN2O2/c1-15(2,3)21-14(20)19-11-7-10(8-11)18-13-6-9(16)4-5-12(13)17/h4-6,10-11,18H,7-8H2,1-3H3,(H,19,20). The van der Waals surface area contributed by atoms with E-state index in [0.717, 1.165) is 23.0 Å². The van der Waals surface area contributed by atoms with Gasteiger partial charge in [0.05, 0.1) is 10.7 Å². The summed E-state index contributed by atoms with van der Waals surface area (Å²) in [6.07, 6.45) is 1.37. The summed E-state index contributed by atoms with van der Waals surface area (Å²) in [5.74, 6) is 0. The van der Waals surface area contributed by atoms with Crippen LogP contribution >= 0.6 is 27.5 Å². The molecule has 21 heavy (non-hydrogen) atoms. The highest BCUT2D eigenvalue weighted by molar-refractivity contribution is 9.10. The lowest BCUT2D eigenvalue weighted by molar-refractivity contribution is 0.0475. The van der Waals surface area contributed by atoms with Crippen molar-refractivity contribution >= 4 is 39.3 Å². The van der Waals surface area contributed by atoms with Crippen molar-refractivity contribution in [2.75, 3.05) is 5.32 Å². The van der Waals surface area contributed by atoms with E-state index < -0.39 is 5.60 Å². The lowest BCUT2D eigenvalue weighted by atomic mass is 9.86. The predicted molar refractivity (Wildman–Crippen MR) is 89.0 cm³/mol. The molecule has 0 spiro atoms. The van der Waals surface area contributed by atoms with Crippen molar-refractivity contribution < 1.29 is 9.53 Å². The first-order chi connectivity index (χ1) is 9.73. The lowest BCUT2D eigenvalue weighted by Gasteiger charge is -2.37. The fraction of sp³-hybridized carbons (Fsp3) is 0.533. The number of hydrogen-bond acceptors (Lipinski definition) is 3. The zero-order valence-corrected chi connectivity index (χ0v) is 14.7. The molecule has 1 aliphatic carbocycles. The van der Waals surface area contributed by atoms with Crippen molar-refractivity contribution in [3.8, 4) is 0 Å². The molecule has 0 bridgehead atoms. The van der Waals surface area contributed by atoms with Gasteiger partial charge in [0.2, 0.25) is 0 Å². The molecule has 0 atom stereocenters. The quantitative estimate of drug-likeness (QED) is 0.813. The van der Waals surface area contributed by atoms with Crippen LogP contribution in [0.15, 0.2) is 22.7 Å². The minimum Gasteiger partial charge on any atom is -0.444 e. The zero-order chi connectivity index (χ0) is 15.6. The fourth-order valence-corrected chi connectivity index (χ4v) is 2.69. The van der Waals surface area contributed by atoms with Gasteiger partial charge in [0, 0.05) is 16.6 Å². The van der Waals surface area contributed by atoms with Gasteiger partial charge in [-0.15, -0.1) is 0 Å². The molecule has 1 aromatic rings. The number of alkyl carbamates (subject to hydrolysis) is 1. The third-order valence-corrected chi connectivity index (χ3v) is 3.97. The molecule has 2 N–H and O–H groups in total. The normalized spacial score (nSPS) is 21.4. The number of amides is 1. The molecule has 0 aliphatic heterocycles. The number of ether oxygens (including phenoxy) is 1. The molecular formula is C15H20BrClN2O2. The van der Waals surface area contributed by atoms with Crippen LogP contribution < -0.4 is 10.6 Å². The van der Waals surface area contributed by atoms with E-state index in [9.17, 15) is 4.79 Å². The number of nitrogens with one attached hydrogen (secondary N) is 2. The van der Waals surface area contributed by atoms with Crippen LogP contribution in [0, 0.1) is 0 Å². The second-order valence-electron chi connectivity index (χ2n) is 6.28. The average Bonchev–Trinajstić information content (AvgIpc) is 2.28. The largest absolute Gasteiger partial charge is 0.444 e. The molecule has 0 aromatic heterocycles. The first-order valence-electron chi connectivity index (χ1n) is 6.94. The van der Waals surface area contributed by atoms with Crippen LogP contribution in [0.25, 0.3) is 0 Å². The molecule has 1 amide bonds. The Morgan fingerprint density at radius 2 is 2.00 bits per heavy atom. The molecule has 6 heteroatoms. The summed E-state index contributed by atoms with van der Waals surface area (Å²) in [4.78, 5) is 11.6. The van der Waals surface area contributed by atoms with Gasteiger partial charge in [-0.1, -0.05) is 27.5 Å². The van der Waals surface area contributed by atoms with E-state index in [2.05, 4.69) is 26.6 Å². The predicted octanol–water partition coefficient (Wildman–Crippen LogP) is 4.57. The Bertz CT molecular complexity index is 525. The van der Waals surface area contributed by atoms with Gasteiger partial charge < -0.3 is 15.4 Å². The van der Waals surface area contributed by atoms with Gasteiger partial charge in [-0.3, -0.25) is 0 Å². The van der Waals surface area contributed by atoms with E-state index >= 15 is 0 Å². The van der Waals surface area contributed by atoms with Gasteiger partial charge in [0.15, 0.2) is 0 Å². The van der Waals surface area contributed by atoms with Crippen LogP contribution in [-0.4, -0.2) is 23.8 Å². The summed E-state index contributed by atoms with van der Waals surface area (Å²) in [6, 6.07) is 6.18. The molecule has 1 aromatic carbocycles. The van der Waals surface area contributed by atoms with Gasteiger partial charge in [0.1, 0.15) is 5.60 Å². The van der Waals surface area contributed by atoms with Gasteiger partial charge in [-0.25, -0.2) is 4.79 Å². The highest BCUT2D eigenvalue weighted by Gasteiger charge is 2.31. The molecule has 1 fully saturated rings. The maximum Gasteiger partial charge on any atom is 0.407 e. The minimum atomic E-state index is -0.463. The minimum absolute atomic E-state index is 0.156. The highest BCUT2D eigenvalue weighted by Crippen LogP contribution is 2.30. The third kappa shape index (κ3) is 5.08. The smallest absolute Gasteiger partial charge is 0.407 e. The number of anilines is 1. The van der Waals surface area contributed by atoms with Crippen molar-refractivity contribution in [3.05, 3.63) is 27.7 Å². The number of benzene rings is 1. The summed E-state index contributed by atoms with van der Waals surface area (Å²) < 4.78 is 6.22. The highest BCUT2D eigenvalue weighted by atomic mass is 79.9. The number of carbonyl (C=O) groups excluding carboxylic acids is 1. The monoisotopic (exact) mass is 374 g/mol. The number of carbonyl (C=O) groups is 1. The Labute approximate surface area is 138 Å². The fourth-order valence-electron chi connectivity index (χ4n) is 2.16. The first-order valence-corrected chi connectivity index (χ1v) is 8.11. The van der Waals surface area contributed by atoms with Crippen LogP contribution in [0.5, 0.6) is 0 Å². The van der Waals surface area contributed by atoms with E-state index in [1.807, 2.05) is 39.0 Å². The van der Waals surface area contributed by atoms with Crippen molar-refractivity contribution in [3.63, 3.8) is 0 Å². The Kier molecular flexibility index (Phi) is 5.04. The third-order valence-electron chi connectivity index (χ3n) is 3.15. The molecule has 116 valence electrons. The molecule has 0 radical (unpaired) electrons. The number of hydrogen-bond donors (Lipinski definition) is 2. The van der Waals surface area contributed by atoms with Crippen molar-refractivity contribution in [2.24, 2.45) is 0 Å². The molecule has 1 saturated carbocycles. The van der Waals surface area contributed by atoms with Gasteiger partial charge in [0.25, 0.3) is 0 Å². The summed E-state index contributed by atoms with van der Waals surface area (Å²) in [5.41, 5.74) is 0.446. The van der Waals surface area contributed by atoms with E-state index in [1.165, 1.54) is 0 Å². The summed E-state index contributed by atoms with van der Waals surface area (Å²) in [6.45, 7) is 5.56. The van der Waals surface area contributed by atoms with Crippen molar-refractivity contribution in [1.82, 2.24) is 5.32 Å². The van der Waals surface area contributed by atoms with E-state index in [0.29, 0.717) is 11.1 Å². The van der Waals surface area contributed by atoms with Crippen LogP contribution in [0.4, 0.5) is 10.5 Å². The Morgan fingerprint density at radius 3 is 2.62 bits per heavy atom.